The quantitative estimate of drug-likeness (QED) is 0.479. The number of terminal acetylenes is 1. The van der Waals surface area contributed by atoms with Gasteiger partial charge in [0.1, 0.15) is 0 Å². The molecule has 0 spiro atoms. The zero-order valence-electron chi connectivity index (χ0n) is 9.50. The minimum atomic E-state index is -0.203. The predicted octanol–water partition coefficient (Wildman–Crippen LogP) is 2.46. The van der Waals surface area contributed by atoms with Crippen molar-refractivity contribution < 1.29 is 4.79 Å². The topological polar surface area (TPSA) is 55.1 Å². The molecule has 90 valence electrons. The van der Waals surface area contributed by atoms with Crippen LogP contribution < -0.4 is 11.1 Å². The molecule has 0 fully saturated rings. The molecule has 1 aromatic carbocycles. The minimum absolute atomic E-state index is 0.203. The third-order valence-electron chi connectivity index (χ3n) is 2.33. The molecule has 3 nitrogen and oxygen atoms in total. The molecular formula is C13H15ClN2O. The fourth-order valence-corrected chi connectivity index (χ4v) is 1.56. The van der Waals surface area contributed by atoms with Gasteiger partial charge in [0.25, 0.3) is 5.91 Å². The van der Waals surface area contributed by atoms with E-state index in [-0.39, 0.29) is 5.91 Å². The van der Waals surface area contributed by atoms with Gasteiger partial charge < -0.3 is 11.1 Å². The normalized spacial score (nSPS) is 9.65. The van der Waals surface area contributed by atoms with Crippen molar-refractivity contribution in [2.45, 2.75) is 19.3 Å². The van der Waals surface area contributed by atoms with Crippen LogP contribution in [-0.4, -0.2) is 12.5 Å². The summed E-state index contributed by atoms with van der Waals surface area (Å²) in [6.45, 7) is 0.590. The number of amides is 1. The lowest BCUT2D eigenvalue weighted by molar-refractivity contribution is 0.0954. The third-order valence-corrected chi connectivity index (χ3v) is 2.66. The van der Waals surface area contributed by atoms with E-state index in [4.69, 9.17) is 23.8 Å². The number of benzene rings is 1. The first-order valence-electron chi connectivity index (χ1n) is 5.42. The molecule has 0 aliphatic carbocycles. The summed E-state index contributed by atoms with van der Waals surface area (Å²) in [5.74, 6) is 2.35. The van der Waals surface area contributed by atoms with Gasteiger partial charge in [0.05, 0.1) is 16.3 Å². The van der Waals surface area contributed by atoms with Crippen molar-refractivity contribution in [2.75, 3.05) is 12.3 Å². The summed E-state index contributed by atoms with van der Waals surface area (Å²) in [4.78, 5) is 11.8. The van der Waals surface area contributed by atoms with Crippen LogP contribution in [0.15, 0.2) is 18.2 Å². The van der Waals surface area contributed by atoms with E-state index in [1.807, 2.05) is 0 Å². The molecule has 1 aromatic rings. The Balaban J connectivity index is 2.48. The number of anilines is 1. The first kappa shape index (κ1) is 13.4. The number of nitrogen functional groups attached to an aromatic ring is 1. The summed E-state index contributed by atoms with van der Waals surface area (Å²) < 4.78 is 0. The molecule has 3 N–H and O–H groups in total. The van der Waals surface area contributed by atoms with Crippen LogP contribution in [0.3, 0.4) is 0 Å². The van der Waals surface area contributed by atoms with Gasteiger partial charge in [-0.1, -0.05) is 17.7 Å². The van der Waals surface area contributed by atoms with Crippen LogP contribution in [0, 0.1) is 12.3 Å². The van der Waals surface area contributed by atoms with E-state index in [2.05, 4.69) is 11.2 Å². The number of hydrogen-bond acceptors (Lipinski definition) is 2. The van der Waals surface area contributed by atoms with E-state index >= 15 is 0 Å². The Morgan fingerprint density at radius 3 is 2.94 bits per heavy atom. The van der Waals surface area contributed by atoms with E-state index in [0.717, 1.165) is 19.3 Å². The number of para-hydroxylation sites is 1. The average Bonchev–Trinajstić information content (AvgIpc) is 2.32. The van der Waals surface area contributed by atoms with Gasteiger partial charge in [0.15, 0.2) is 0 Å². The van der Waals surface area contributed by atoms with Crippen LogP contribution in [-0.2, 0) is 0 Å². The monoisotopic (exact) mass is 250 g/mol. The lowest BCUT2D eigenvalue weighted by atomic mass is 10.1. The van der Waals surface area contributed by atoms with Crippen molar-refractivity contribution in [1.29, 1.82) is 0 Å². The van der Waals surface area contributed by atoms with Crippen molar-refractivity contribution in [3.05, 3.63) is 28.8 Å². The molecule has 17 heavy (non-hydrogen) atoms. The number of hydrogen-bond donors (Lipinski definition) is 2. The van der Waals surface area contributed by atoms with Gasteiger partial charge in [-0.2, -0.15) is 0 Å². The predicted molar refractivity (Wildman–Crippen MR) is 70.9 cm³/mol. The Labute approximate surface area is 106 Å². The summed E-state index contributed by atoms with van der Waals surface area (Å²) in [5.41, 5.74) is 6.44. The molecule has 0 heterocycles. The van der Waals surface area contributed by atoms with Crippen molar-refractivity contribution >= 4 is 23.2 Å². The molecule has 0 atom stereocenters. The Morgan fingerprint density at radius 1 is 1.47 bits per heavy atom. The first-order chi connectivity index (χ1) is 8.16. The van der Waals surface area contributed by atoms with Crippen LogP contribution >= 0.6 is 11.6 Å². The summed E-state index contributed by atoms with van der Waals surface area (Å²) >= 11 is 5.83. The largest absolute Gasteiger partial charge is 0.397 e. The number of nitrogens with one attached hydrogen (secondary N) is 1. The van der Waals surface area contributed by atoms with E-state index in [1.54, 1.807) is 18.2 Å². The van der Waals surface area contributed by atoms with Gasteiger partial charge in [-0.15, -0.1) is 12.3 Å². The van der Waals surface area contributed by atoms with Crippen molar-refractivity contribution in [3.8, 4) is 12.3 Å². The molecule has 0 saturated carbocycles. The molecule has 0 radical (unpaired) electrons. The minimum Gasteiger partial charge on any atom is -0.397 e. The maximum absolute atomic E-state index is 11.8. The summed E-state index contributed by atoms with van der Waals surface area (Å²) in [7, 11) is 0. The Morgan fingerprint density at radius 2 is 2.24 bits per heavy atom. The molecule has 0 unspecified atom stereocenters. The zero-order chi connectivity index (χ0) is 12.7. The molecule has 1 rings (SSSR count). The molecule has 1 amide bonds. The number of carbonyl (C=O) groups is 1. The van der Waals surface area contributed by atoms with Crippen molar-refractivity contribution in [2.24, 2.45) is 0 Å². The lowest BCUT2D eigenvalue weighted by Crippen LogP contribution is -2.25. The Kier molecular flexibility index (Phi) is 5.38. The fraction of sp³-hybridized carbons (Fsp3) is 0.308. The standard InChI is InChI=1S/C13H15ClN2O/c1-2-3-4-5-9-16-13(17)10-7-6-8-11(14)12(10)15/h1,6-8H,3-5,9,15H2,(H,16,17). The lowest BCUT2D eigenvalue weighted by Gasteiger charge is -2.07. The molecule has 0 saturated heterocycles. The highest BCUT2D eigenvalue weighted by Gasteiger charge is 2.10. The first-order valence-corrected chi connectivity index (χ1v) is 5.80. The molecule has 0 aliphatic heterocycles. The second kappa shape index (κ2) is 6.82. The second-order valence-electron chi connectivity index (χ2n) is 3.62. The number of rotatable bonds is 5. The number of carbonyl (C=O) groups excluding carboxylic acids is 1. The van der Waals surface area contributed by atoms with Crippen LogP contribution in [0.1, 0.15) is 29.6 Å². The highest BCUT2D eigenvalue weighted by Crippen LogP contribution is 2.22. The fourth-order valence-electron chi connectivity index (χ4n) is 1.38. The third kappa shape index (κ3) is 4.01. The summed E-state index contributed by atoms with van der Waals surface area (Å²) in [6, 6.07) is 5.00. The van der Waals surface area contributed by atoms with Gasteiger partial charge in [-0.25, -0.2) is 0 Å². The second-order valence-corrected chi connectivity index (χ2v) is 4.03. The van der Waals surface area contributed by atoms with Gasteiger partial charge >= 0.3 is 0 Å². The van der Waals surface area contributed by atoms with Gasteiger partial charge in [0.2, 0.25) is 0 Å². The number of unbranched alkanes of at least 4 members (excludes halogenated alkanes) is 2. The number of halogens is 1. The molecule has 0 aliphatic rings. The summed E-state index contributed by atoms with van der Waals surface area (Å²) in [6.07, 6.45) is 7.62. The van der Waals surface area contributed by atoms with E-state index in [1.165, 1.54) is 0 Å². The highest BCUT2D eigenvalue weighted by atomic mass is 35.5. The molecule has 0 bridgehead atoms. The van der Waals surface area contributed by atoms with E-state index < -0.39 is 0 Å². The van der Waals surface area contributed by atoms with Crippen LogP contribution in [0.2, 0.25) is 5.02 Å². The summed E-state index contributed by atoms with van der Waals surface area (Å²) in [5, 5.41) is 3.17. The molecule has 4 heteroatoms. The van der Waals surface area contributed by atoms with Crippen molar-refractivity contribution in [1.82, 2.24) is 5.32 Å². The highest BCUT2D eigenvalue weighted by molar-refractivity contribution is 6.33. The van der Waals surface area contributed by atoms with Gasteiger partial charge in [0, 0.05) is 13.0 Å². The average molecular weight is 251 g/mol. The SMILES string of the molecule is C#CCCCCNC(=O)c1cccc(Cl)c1N. The molecular weight excluding hydrogens is 236 g/mol. The molecule has 0 aromatic heterocycles. The maximum Gasteiger partial charge on any atom is 0.253 e. The van der Waals surface area contributed by atoms with Crippen LogP contribution in [0.4, 0.5) is 5.69 Å². The Hall–Kier alpha value is -1.66. The van der Waals surface area contributed by atoms with Gasteiger partial charge in [-0.3, -0.25) is 4.79 Å². The zero-order valence-corrected chi connectivity index (χ0v) is 10.3. The van der Waals surface area contributed by atoms with Gasteiger partial charge in [-0.05, 0) is 25.0 Å². The number of nitrogens with two attached hydrogens (primary N) is 1. The van der Waals surface area contributed by atoms with Crippen LogP contribution in [0.5, 0.6) is 0 Å². The van der Waals surface area contributed by atoms with Crippen LogP contribution in [0.25, 0.3) is 0 Å². The van der Waals surface area contributed by atoms with E-state index in [0.29, 0.717) is 22.8 Å². The van der Waals surface area contributed by atoms with E-state index in [9.17, 15) is 4.79 Å². The van der Waals surface area contributed by atoms with Crippen molar-refractivity contribution in [3.63, 3.8) is 0 Å². The smallest absolute Gasteiger partial charge is 0.253 e. The Bertz CT molecular complexity index is 438. The maximum atomic E-state index is 11.8.